The molecule has 1 saturated heterocycles. The van der Waals surface area contributed by atoms with E-state index in [9.17, 15) is 9.18 Å². The number of likely N-dealkylation sites (tertiary alicyclic amines) is 1. The summed E-state index contributed by atoms with van der Waals surface area (Å²) in [5, 5.41) is -0.118. The van der Waals surface area contributed by atoms with Crippen LogP contribution < -0.4 is 5.73 Å². The number of carbonyl (C=O) groups excluding carboxylic acids is 1. The second kappa shape index (κ2) is 4.39. The second-order valence-electron chi connectivity index (χ2n) is 3.90. The number of nitrogens with two attached hydrogens (primary N) is 1. The third-order valence-corrected chi connectivity index (χ3v) is 3.08. The Hall–Kier alpha value is -1.13. The van der Waals surface area contributed by atoms with Crippen LogP contribution in [0.15, 0.2) is 18.2 Å². The molecule has 16 heavy (non-hydrogen) atoms. The molecule has 0 bridgehead atoms. The van der Waals surface area contributed by atoms with Gasteiger partial charge in [-0.05, 0) is 18.6 Å². The van der Waals surface area contributed by atoms with Crippen LogP contribution in [0.2, 0.25) is 5.02 Å². The van der Waals surface area contributed by atoms with Crippen molar-refractivity contribution in [3.8, 4) is 0 Å². The first-order valence-electron chi connectivity index (χ1n) is 5.08. The lowest BCUT2D eigenvalue weighted by atomic mass is 10.2. The maximum Gasteiger partial charge on any atom is 0.255 e. The van der Waals surface area contributed by atoms with Gasteiger partial charge in [-0.3, -0.25) is 4.79 Å². The summed E-state index contributed by atoms with van der Waals surface area (Å²) >= 11 is 5.75. The molecule has 1 atom stereocenters. The molecular formula is C11H12ClFN2O. The van der Waals surface area contributed by atoms with Crippen LogP contribution >= 0.6 is 11.6 Å². The number of benzene rings is 1. The van der Waals surface area contributed by atoms with Crippen molar-refractivity contribution >= 4 is 17.5 Å². The van der Waals surface area contributed by atoms with Gasteiger partial charge in [-0.1, -0.05) is 17.7 Å². The smallest absolute Gasteiger partial charge is 0.255 e. The molecule has 1 aromatic rings. The molecule has 2 N–H and O–H groups in total. The molecule has 1 aliphatic heterocycles. The topological polar surface area (TPSA) is 46.3 Å². The lowest BCUT2D eigenvalue weighted by Crippen LogP contribution is -2.32. The fraction of sp³-hybridized carbons (Fsp3) is 0.364. The zero-order valence-electron chi connectivity index (χ0n) is 8.62. The minimum absolute atomic E-state index is 0.0104. The standard InChI is InChI=1S/C11H12ClFN2O/c12-10-8(2-1-3-9(10)13)11(16)15-5-4-7(14)6-15/h1-3,7H,4-6,14H2. The number of halogens is 2. The summed E-state index contributed by atoms with van der Waals surface area (Å²) in [5.74, 6) is -0.825. The SMILES string of the molecule is NC1CCN(C(=O)c2cccc(F)c2Cl)C1. The quantitative estimate of drug-likeness (QED) is 0.814. The average molecular weight is 243 g/mol. The number of amides is 1. The Morgan fingerprint density at radius 1 is 1.56 bits per heavy atom. The van der Waals surface area contributed by atoms with Crippen molar-refractivity contribution in [1.29, 1.82) is 0 Å². The van der Waals surface area contributed by atoms with E-state index in [1.807, 2.05) is 0 Å². The van der Waals surface area contributed by atoms with Gasteiger partial charge in [0.1, 0.15) is 5.82 Å². The Labute approximate surface area is 98.0 Å². The van der Waals surface area contributed by atoms with Crippen LogP contribution in [0.4, 0.5) is 4.39 Å². The largest absolute Gasteiger partial charge is 0.337 e. The van der Waals surface area contributed by atoms with Crippen molar-refractivity contribution in [3.63, 3.8) is 0 Å². The molecule has 0 aliphatic carbocycles. The van der Waals surface area contributed by atoms with E-state index in [-0.39, 0.29) is 22.5 Å². The number of carbonyl (C=O) groups is 1. The first-order chi connectivity index (χ1) is 7.59. The molecule has 5 heteroatoms. The van der Waals surface area contributed by atoms with Crippen LogP contribution in [-0.4, -0.2) is 29.9 Å². The van der Waals surface area contributed by atoms with E-state index >= 15 is 0 Å². The van der Waals surface area contributed by atoms with Crippen molar-refractivity contribution in [3.05, 3.63) is 34.6 Å². The molecule has 1 aliphatic rings. The summed E-state index contributed by atoms with van der Waals surface area (Å²) in [7, 11) is 0. The highest BCUT2D eigenvalue weighted by Crippen LogP contribution is 2.22. The molecule has 86 valence electrons. The van der Waals surface area contributed by atoms with Gasteiger partial charge in [0.25, 0.3) is 5.91 Å². The predicted octanol–water partition coefficient (Wildman–Crippen LogP) is 1.65. The molecule has 3 nitrogen and oxygen atoms in total. The van der Waals surface area contributed by atoms with Gasteiger partial charge in [0.05, 0.1) is 10.6 Å². The van der Waals surface area contributed by atoms with Gasteiger partial charge in [0.2, 0.25) is 0 Å². The Kier molecular flexibility index (Phi) is 3.12. The highest BCUT2D eigenvalue weighted by Gasteiger charge is 2.26. The van der Waals surface area contributed by atoms with Gasteiger partial charge >= 0.3 is 0 Å². The van der Waals surface area contributed by atoms with Gasteiger partial charge in [0, 0.05) is 19.1 Å². The number of hydrogen-bond acceptors (Lipinski definition) is 2. The summed E-state index contributed by atoms with van der Waals surface area (Å²) < 4.78 is 13.2. The minimum atomic E-state index is -0.573. The molecular weight excluding hydrogens is 231 g/mol. The molecule has 1 heterocycles. The first kappa shape index (κ1) is 11.4. The minimum Gasteiger partial charge on any atom is -0.337 e. The monoisotopic (exact) mass is 242 g/mol. The van der Waals surface area contributed by atoms with Crippen LogP contribution in [0.25, 0.3) is 0 Å². The fourth-order valence-electron chi connectivity index (χ4n) is 1.81. The van der Waals surface area contributed by atoms with Crippen LogP contribution in [0.3, 0.4) is 0 Å². The van der Waals surface area contributed by atoms with Crippen LogP contribution in [-0.2, 0) is 0 Å². The predicted molar refractivity (Wildman–Crippen MR) is 59.9 cm³/mol. The van der Waals surface area contributed by atoms with E-state index in [1.165, 1.54) is 18.2 Å². The maximum atomic E-state index is 13.2. The lowest BCUT2D eigenvalue weighted by Gasteiger charge is -2.16. The Bertz CT molecular complexity index is 424. The maximum absolute atomic E-state index is 13.2. The zero-order chi connectivity index (χ0) is 11.7. The number of hydrogen-bond donors (Lipinski definition) is 1. The molecule has 0 saturated carbocycles. The normalized spacial score (nSPS) is 20.2. The molecule has 1 fully saturated rings. The molecule has 1 aromatic carbocycles. The number of nitrogens with zero attached hydrogens (tertiary/aromatic N) is 1. The number of rotatable bonds is 1. The van der Waals surface area contributed by atoms with E-state index in [1.54, 1.807) is 4.90 Å². The Morgan fingerprint density at radius 3 is 2.94 bits per heavy atom. The van der Waals surface area contributed by atoms with E-state index in [2.05, 4.69) is 0 Å². The second-order valence-corrected chi connectivity index (χ2v) is 4.28. The van der Waals surface area contributed by atoms with Crippen molar-refractivity contribution in [2.45, 2.75) is 12.5 Å². The summed E-state index contributed by atoms with van der Waals surface area (Å²) in [4.78, 5) is 13.6. The van der Waals surface area contributed by atoms with Crippen LogP contribution in [0, 0.1) is 5.82 Å². The lowest BCUT2D eigenvalue weighted by molar-refractivity contribution is 0.0790. The molecule has 1 unspecified atom stereocenters. The van der Waals surface area contributed by atoms with Gasteiger partial charge in [-0.15, -0.1) is 0 Å². The average Bonchev–Trinajstić information content (AvgIpc) is 2.68. The highest BCUT2D eigenvalue weighted by molar-refractivity contribution is 6.34. The summed E-state index contributed by atoms with van der Waals surface area (Å²) in [6, 6.07) is 4.24. The van der Waals surface area contributed by atoms with E-state index < -0.39 is 5.82 Å². The Morgan fingerprint density at radius 2 is 2.31 bits per heavy atom. The van der Waals surface area contributed by atoms with Crippen molar-refractivity contribution in [2.75, 3.05) is 13.1 Å². The summed E-state index contributed by atoms with van der Waals surface area (Å²) in [5.41, 5.74) is 5.91. The Balaban J connectivity index is 2.24. The van der Waals surface area contributed by atoms with Crippen LogP contribution in [0.5, 0.6) is 0 Å². The molecule has 0 aromatic heterocycles. The molecule has 2 rings (SSSR count). The van der Waals surface area contributed by atoms with Gasteiger partial charge in [-0.2, -0.15) is 0 Å². The van der Waals surface area contributed by atoms with Crippen molar-refractivity contribution < 1.29 is 9.18 Å². The summed E-state index contributed by atoms with van der Waals surface area (Å²) in [6.07, 6.45) is 0.776. The zero-order valence-corrected chi connectivity index (χ0v) is 9.38. The van der Waals surface area contributed by atoms with Crippen LogP contribution in [0.1, 0.15) is 16.8 Å². The molecule has 0 radical (unpaired) electrons. The van der Waals surface area contributed by atoms with Crippen molar-refractivity contribution in [1.82, 2.24) is 4.90 Å². The summed E-state index contributed by atoms with van der Waals surface area (Å²) in [6.45, 7) is 1.11. The van der Waals surface area contributed by atoms with Crippen molar-refractivity contribution in [2.24, 2.45) is 5.73 Å². The highest BCUT2D eigenvalue weighted by atomic mass is 35.5. The van der Waals surface area contributed by atoms with Gasteiger partial charge < -0.3 is 10.6 Å². The van der Waals surface area contributed by atoms with Gasteiger partial charge in [-0.25, -0.2) is 4.39 Å². The van der Waals surface area contributed by atoms with E-state index in [0.717, 1.165) is 6.42 Å². The fourth-order valence-corrected chi connectivity index (χ4v) is 2.02. The third-order valence-electron chi connectivity index (χ3n) is 2.69. The van der Waals surface area contributed by atoms with E-state index in [4.69, 9.17) is 17.3 Å². The molecule has 1 amide bonds. The van der Waals surface area contributed by atoms with Gasteiger partial charge in [0.15, 0.2) is 0 Å². The first-order valence-corrected chi connectivity index (χ1v) is 5.46. The third kappa shape index (κ3) is 2.03. The van der Waals surface area contributed by atoms with E-state index in [0.29, 0.717) is 13.1 Å². The molecule has 0 spiro atoms.